The Morgan fingerprint density at radius 3 is 2.00 bits per heavy atom. The number of nitrogens with zero attached hydrogens (tertiary/aromatic N) is 1. The predicted octanol–water partition coefficient (Wildman–Crippen LogP) is 4.11. The summed E-state index contributed by atoms with van der Waals surface area (Å²) in [6.45, 7) is 8.66. The van der Waals surface area contributed by atoms with Crippen LogP contribution in [0.25, 0.3) is 11.1 Å². The van der Waals surface area contributed by atoms with Gasteiger partial charge < -0.3 is 9.64 Å². The lowest BCUT2D eigenvalue weighted by Gasteiger charge is -2.19. The van der Waals surface area contributed by atoms with E-state index in [9.17, 15) is 13.2 Å². The first-order valence-electron chi connectivity index (χ1n) is 10.5. The molecule has 30 heavy (non-hydrogen) atoms. The molecular formula is C24H31NO4S. The van der Waals surface area contributed by atoms with Crippen LogP contribution in [0.4, 0.5) is 0 Å². The van der Waals surface area contributed by atoms with Gasteiger partial charge in [-0.15, -0.1) is 0 Å². The Bertz CT molecular complexity index is 952. The maximum absolute atomic E-state index is 12.5. The molecule has 0 N–H and O–H groups in total. The van der Waals surface area contributed by atoms with Crippen molar-refractivity contribution in [3.8, 4) is 11.1 Å². The van der Waals surface area contributed by atoms with Crippen molar-refractivity contribution in [2.75, 3.05) is 25.4 Å². The monoisotopic (exact) mass is 429 g/mol. The second-order valence-electron chi connectivity index (χ2n) is 8.87. The van der Waals surface area contributed by atoms with Crippen LogP contribution in [0.3, 0.4) is 0 Å². The molecule has 2 aromatic rings. The van der Waals surface area contributed by atoms with Crippen LogP contribution in [0.5, 0.6) is 0 Å². The summed E-state index contributed by atoms with van der Waals surface area (Å²) in [5.41, 5.74) is 2.58. The minimum Gasteiger partial charge on any atom is -0.459 e. The minimum atomic E-state index is -3.73. The number of carbonyl (C=O) groups is 1. The lowest BCUT2D eigenvalue weighted by atomic mass is 10.0. The van der Waals surface area contributed by atoms with E-state index < -0.39 is 27.2 Å². The number of hydrogen-bond donors (Lipinski definition) is 0. The lowest BCUT2D eigenvalue weighted by Crippen LogP contribution is -2.28. The Kier molecular flexibility index (Phi) is 6.98. The zero-order valence-electron chi connectivity index (χ0n) is 18.1. The maximum Gasteiger partial charge on any atom is 0.322 e. The van der Waals surface area contributed by atoms with Crippen molar-refractivity contribution in [2.45, 2.75) is 50.5 Å². The number of hydrogen-bond acceptors (Lipinski definition) is 5. The van der Waals surface area contributed by atoms with Crippen molar-refractivity contribution < 1.29 is 17.9 Å². The molecule has 1 aliphatic heterocycles. The molecular weight excluding hydrogens is 398 g/mol. The molecule has 1 aliphatic rings. The van der Waals surface area contributed by atoms with E-state index in [0.29, 0.717) is 0 Å². The highest BCUT2D eigenvalue weighted by Gasteiger charge is 2.24. The average Bonchev–Trinajstić information content (AvgIpc) is 3.18. The van der Waals surface area contributed by atoms with E-state index in [1.54, 1.807) is 45.0 Å². The fraction of sp³-hybridized carbons (Fsp3) is 0.458. The van der Waals surface area contributed by atoms with Gasteiger partial charge in [-0.25, -0.2) is 8.42 Å². The Labute approximate surface area is 180 Å². The van der Waals surface area contributed by atoms with E-state index >= 15 is 0 Å². The van der Waals surface area contributed by atoms with Crippen molar-refractivity contribution in [1.82, 2.24) is 4.90 Å². The first kappa shape index (κ1) is 22.5. The van der Waals surface area contributed by atoms with Crippen LogP contribution < -0.4 is 0 Å². The van der Waals surface area contributed by atoms with Gasteiger partial charge in [-0.3, -0.25) is 4.79 Å². The number of esters is 1. The topological polar surface area (TPSA) is 63.7 Å². The van der Waals surface area contributed by atoms with Crippen molar-refractivity contribution in [3.05, 3.63) is 54.1 Å². The van der Waals surface area contributed by atoms with Gasteiger partial charge in [-0.2, -0.15) is 0 Å². The van der Waals surface area contributed by atoms with E-state index in [2.05, 4.69) is 29.2 Å². The zero-order valence-corrected chi connectivity index (χ0v) is 18.9. The molecule has 0 amide bonds. The van der Waals surface area contributed by atoms with E-state index in [-0.39, 0.29) is 4.90 Å². The molecule has 0 unspecified atom stereocenters. The van der Waals surface area contributed by atoms with Crippen LogP contribution in [0.1, 0.15) is 39.2 Å². The van der Waals surface area contributed by atoms with Gasteiger partial charge >= 0.3 is 5.97 Å². The molecule has 1 fully saturated rings. The van der Waals surface area contributed by atoms with Gasteiger partial charge in [0.05, 0.1) is 4.90 Å². The minimum absolute atomic E-state index is 0.124. The largest absolute Gasteiger partial charge is 0.459 e. The highest BCUT2D eigenvalue weighted by Crippen LogP contribution is 2.23. The summed E-state index contributed by atoms with van der Waals surface area (Å²) < 4.78 is 30.1. The molecule has 6 heteroatoms. The smallest absolute Gasteiger partial charge is 0.322 e. The van der Waals surface area contributed by atoms with Gasteiger partial charge in [0.2, 0.25) is 0 Å². The second-order valence-corrected chi connectivity index (χ2v) is 10.9. The molecule has 5 nitrogen and oxygen atoms in total. The summed E-state index contributed by atoms with van der Waals surface area (Å²) >= 11 is 0. The molecule has 0 aliphatic carbocycles. The normalized spacial score (nSPS) is 15.3. The lowest BCUT2D eigenvalue weighted by molar-refractivity contribution is -0.151. The van der Waals surface area contributed by atoms with Gasteiger partial charge in [-0.1, -0.05) is 36.4 Å². The van der Waals surface area contributed by atoms with Gasteiger partial charge in [0.25, 0.3) is 0 Å². The third-order valence-electron chi connectivity index (χ3n) is 5.14. The van der Waals surface area contributed by atoms with E-state index in [0.717, 1.165) is 24.1 Å². The highest BCUT2D eigenvalue weighted by atomic mass is 32.2. The molecule has 0 aromatic heterocycles. The maximum atomic E-state index is 12.5. The second kappa shape index (κ2) is 9.31. The number of carbonyl (C=O) groups excluding carboxylic acids is 1. The zero-order chi connectivity index (χ0) is 21.8. The molecule has 1 heterocycles. The molecule has 162 valence electrons. The molecule has 0 atom stereocenters. The fourth-order valence-electron chi connectivity index (χ4n) is 3.62. The summed E-state index contributed by atoms with van der Waals surface area (Å²) in [5.74, 6) is -1.40. The molecule has 1 saturated heterocycles. The standard InChI is InChI=1S/C24H31NO4S/c1-24(2,3)29-23(26)18-30(27,28)22-12-10-21(11-13-22)20-8-6-19(7-9-20)14-17-25-15-4-5-16-25/h6-13H,4-5,14-18H2,1-3H3. The number of sulfone groups is 1. The van der Waals surface area contributed by atoms with Crippen molar-refractivity contribution >= 4 is 15.8 Å². The summed E-state index contributed by atoms with van der Waals surface area (Å²) in [4.78, 5) is 14.5. The highest BCUT2D eigenvalue weighted by molar-refractivity contribution is 7.92. The Morgan fingerprint density at radius 2 is 1.47 bits per heavy atom. The van der Waals surface area contributed by atoms with Crippen molar-refractivity contribution in [3.63, 3.8) is 0 Å². The van der Waals surface area contributed by atoms with Gasteiger partial charge in [0.15, 0.2) is 15.6 Å². The van der Waals surface area contributed by atoms with Crippen LogP contribution in [-0.4, -0.2) is 50.3 Å². The summed E-state index contributed by atoms with van der Waals surface area (Å²) in [7, 11) is -3.73. The van der Waals surface area contributed by atoms with Gasteiger partial charge in [0, 0.05) is 6.54 Å². The molecule has 3 rings (SSSR count). The van der Waals surface area contributed by atoms with Crippen LogP contribution in [-0.2, 0) is 25.8 Å². The van der Waals surface area contributed by atoms with Crippen molar-refractivity contribution in [2.24, 2.45) is 0 Å². The van der Waals surface area contributed by atoms with Crippen LogP contribution in [0.15, 0.2) is 53.4 Å². The third kappa shape index (κ3) is 6.41. The summed E-state index contributed by atoms with van der Waals surface area (Å²) in [5, 5.41) is 0. The van der Waals surface area contributed by atoms with Crippen LogP contribution >= 0.6 is 0 Å². The van der Waals surface area contributed by atoms with E-state index in [1.165, 1.54) is 31.5 Å². The Balaban J connectivity index is 1.62. The molecule has 2 aromatic carbocycles. The van der Waals surface area contributed by atoms with Crippen LogP contribution in [0, 0.1) is 0 Å². The fourth-order valence-corrected chi connectivity index (χ4v) is 4.71. The summed E-state index contributed by atoms with van der Waals surface area (Å²) in [6, 6.07) is 15.1. The van der Waals surface area contributed by atoms with Gasteiger partial charge in [0.1, 0.15) is 5.60 Å². The third-order valence-corrected chi connectivity index (χ3v) is 6.75. The van der Waals surface area contributed by atoms with Gasteiger partial charge in [-0.05, 0) is 81.9 Å². The first-order chi connectivity index (χ1) is 14.1. The SMILES string of the molecule is CC(C)(C)OC(=O)CS(=O)(=O)c1ccc(-c2ccc(CCN3CCCC3)cc2)cc1. The van der Waals surface area contributed by atoms with Crippen molar-refractivity contribution in [1.29, 1.82) is 0 Å². The first-order valence-corrected chi connectivity index (χ1v) is 12.1. The average molecular weight is 430 g/mol. The van der Waals surface area contributed by atoms with Crippen LogP contribution in [0.2, 0.25) is 0 Å². The molecule has 0 bridgehead atoms. The number of likely N-dealkylation sites (tertiary alicyclic amines) is 1. The molecule has 0 radical (unpaired) electrons. The van der Waals surface area contributed by atoms with E-state index in [4.69, 9.17) is 4.74 Å². The quantitative estimate of drug-likeness (QED) is 0.620. The molecule has 0 saturated carbocycles. The number of rotatable bonds is 7. The van der Waals surface area contributed by atoms with E-state index in [1.807, 2.05) is 0 Å². The predicted molar refractivity (Wildman–Crippen MR) is 119 cm³/mol. The Morgan fingerprint density at radius 1 is 0.933 bits per heavy atom. The number of ether oxygens (including phenoxy) is 1. The number of benzene rings is 2. The summed E-state index contributed by atoms with van der Waals surface area (Å²) in [6.07, 6.45) is 3.66. The molecule has 0 spiro atoms. The Hall–Kier alpha value is -2.18.